The van der Waals surface area contributed by atoms with Crippen molar-refractivity contribution >= 4 is 11.0 Å². The fourth-order valence-electron chi connectivity index (χ4n) is 6.34. The molecule has 0 spiro atoms. The zero-order valence-corrected chi connectivity index (χ0v) is 22.9. The van der Waals surface area contributed by atoms with Crippen molar-refractivity contribution in [2.75, 3.05) is 33.3 Å². The first-order valence-electron chi connectivity index (χ1n) is 14.2. The van der Waals surface area contributed by atoms with Gasteiger partial charge in [-0.1, -0.05) is 24.3 Å². The molecule has 3 heterocycles. The first kappa shape index (κ1) is 25.1. The summed E-state index contributed by atoms with van der Waals surface area (Å²) in [5.74, 6) is 1.83. The van der Waals surface area contributed by atoms with Crippen molar-refractivity contribution in [2.45, 2.75) is 64.1 Å². The molecule has 200 valence electrons. The topological polar surface area (TPSA) is 62.2 Å². The maximum absolute atomic E-state index is 5.51. The first-order chi connectivity index (χ1) is 18.6. The minimum atomic E-state index is 0.500. The molecule has 2 aliphatic rings. The lowest BCUT2D eigenvalue weighted by atomic mass is 9.90. The van der Waals surface area contributed by atoms with Crippen LogP contribution in [-0.4, -0.2) is 74.9 Å². The molecule has 1 aliphatic carbocycles. The molecule has 0 atom stereocenters. The third kappa shape index (κ3) is 5.22. The molecule has 7 heteroatoms. The number of imidazole rings is 1. The highest BCUT2D eigenvalue weighted by molar-refractivity contribution is 5.81. The Morgan fingerprint density at radius 1 is 0.947 bits per heavy atom. The smallest absolute Gasteiger partial charge is 0.122 e. The molecular formula is C31H40N6O. The summed E-state index contributed by atoms with van der Waals surface area (Å²) in [6.07, 6.45) is 7.85. The van der Waals surface area contributed by atoms with Crippen molar-refractivity contribution in [3.05, 3.63) is 66.1 Å². The second-order valence-corrected chi connectivity index (χ2v) is 11.2. The van der Waals surface area contributed by atoms with E-state index >= 15 is 0 Å². The Kier molecular flexibility index (Phi) is 7.22. The number of piperazine rings is 1. The summed E-state index contributed by atoms with van der Waals surface area (Å²) in [6, 6.07) is 18.6. The minimum Gasteiger partial charge on any atom is -0.496 e. The van der Waals surface area contributed by atoms with Crippen molar-refractivity contribution in [3.8, 4) is 17.0 Å². The fraction of sp³-hybridized carbons (Fsp3) is 0.484. The van der Waals surface area contributed by atoms with Gasteiger partial charge in [-0.05, 0) is 63.8 Å². The quantitative estimate of drug-likeness (QED) is 0.353. The van der Waals surface area contributed by atoms with E-state index in [1.54, 1.807) is 7.11 Å². The number of ether oxygens (including phenoxy) is 1. The second kappa shape index (κ2) is 10.9. The molecule has 0 amide bonds. The minimum absolute atomic E-state index is 0.500. The standard InChI is InChI=1S/C31H40N6O/c1-22(2)35-16-18-36(19-17-35)25-9-11-26(12-10-25)37-15-14-27(34-37)23-8-13-28-29(20-23)33-31(32-28)21-24-6-4-5-7-30(24)38-3/h4-8,13-15,20,22,25-26H,9-12,16-19,21H2,1-3H3,(H,32,33). The molecule has 7 nitrogen and oxygen atoms in total. The number of nitrogens with zero attached hydrogens (tertiary/aromatic N) is 5. The molecule has 2 aromatic carbocycles. The summed E-state index contributed by atoms with van der Waals surface area (Å²) in [5, 5.41) is 5.02. The average molecular weight is 513 g/mol. The third-order valence-corrected chi connectivity index (χ3v) is 8.62. The summed E-state index contributed by atoms with van der Waals surface area (Å²) < 4.78 is 7.73. The highest BCUT2D eigenvalue weighted by Crippen LogP contribution is 2.32. The van der Waals surface area contributed by atoms with Gasteiger partial charge in [0.1, 0.15) is 11.6 Å². The number of benzene rings is 2. The molecule has 0 bridgehead atoms. The number of nitrogens with one attached hydrogen (secondary N) is 1. The number of hydrogen-bond donors (Lipinski definition) is 1. The Balaban J connectivity index is 1.09. The van der Waals surface area contributed by atoms with Gasteiger partial charge in [-0.3, -0.25) is 14.5 Å². The van der Waals surface area contributed by atoms with Crippen molar-refractivity contribution in [1.29, 1.82) is 0 Å². The molecule has 4 aromatic rings. The molecule has 1 saturated carbocycles. The van der Waals surface area contributed by atoms with E-state index in [9.17, 15) is 0 Å². The molecule has 38 heavy (non-hydrogen) atoms. The third-order valence-electron chi connectivity index (χ3n) is 8.62. The van der Waals surface area contributed by atoms with E-state index in [0.29, 0.717) is 18.5 Å². The van der Waals surface area contributed by atoms with E-state index in [2.05, 4.69) is 69.8 Å². The summed E-state index contributed by atoms with van der Waals surface area (Å²) in [4.78, 5) is 13.7. The van der Waals surface area contributed by atoms with Gasteiger partial charge in [0, 0.05) is 62.0 Å². The van der Waals surface area contributed by atoms with Gasteiger partial charge < -0.3 is 9.72 Å². The molecule has 2 fully saturated rings. The van der Waals surface area contributed by atoms with E-state index in [1.807, 2.05) is 18.2 Å². The van der Waals surface area contributed by atoms with Crippen LogP contribution >= 0.6 is 0 Å². The van der Waals surface area contributed by atoms with Crippen molar-refractivity contribution in [1.82, 2.24) is 29.5 Å². The van der Waals surface area contributed by atoms with Crippen LogP contribution in [0.3, 0.4) is 0 Å². The molecule has 2 aromatic heterocycles. The number of aromatic amines is 1. The maximum atomic E-state index is 5.51. The van der Waals surface area contributed by atoms with Crippen LogP contribution in [0.25, 0.3) is 22.3 Å². The summed E-state index contributed by atoms with van der Waals surface area (Å²) in [6.45, 7) is 9.48. The number of methoxy groups -OCH3 is 1. The molecule has 1 N–H and O–H groups in total. The fourth-order valence-corrected chi connectivity index (χ4v) is 6.34. The van der Waals surface area contributed by atoms with Gasteiger partial charge in [0.25, 0.3) is 0 Å². The van der Waals surface area contributed by atoms with Crippen LogP contribution in [0.15, 0.2) is 54.7 Å². The van der Waals surface area contributed by atoms with Crippen LogP contribution in [-0.2, 0) is 6.42 Å². The van der Waals surface area contributed by atoms with Crippen molar-refractivity contribution in [2.24, 2.45) is 0 Å². The SMILES string of the molecule is COc1ccccc1Cc1nc2ccc(-c3ccn(C4CCC(N5CCN(C(C)C)CC5)CC4)n3)cc2[nH]1. The predicted molar refractivity (Wildman–Crippen MR) is 153 cm³/mol. The Hall–Kier alpha value is -3.16. The van der Waals surface area contributed by atoms with E-state index in [-0.39, 0.29) is 0 Å². The monoisotopic (exact) mass is 512 g/mol. The second-order valence-electron chi connectivity index (χ2n) is 11.2. The summed E-state index contributed by atoms with van der Waals surface area (Å²) in [5.41, 5.74) is 5.30. The van der Waals surface area contributed by atoms with Crippen LogP contribution in [0.5, 0.6) is 5.75 Å². The van der Waals surface area contributed by atoms with Gasteiger partial charge in [0.05, 0.1) is 29.9 Å². The predicted octanol–water partition coefficient (Wildman–Crippen LogP) is 5.54. The number of rotatable bonds is 7. The van der Waals surface area contributed by atoms with Crippen LogP contribution in [0, 0.1) is 0 Å². The summed E-state index contributed by atoms with van der Waals surface area (Å²) in [7, 11) is 1.71. The van der Waals surface area contributed by atoms with E-state index < -0.39 is 0 Å². The van der Waals surface area contributed by atoms with Gasteiger partial charge in [-0.2, -0.15) is 5.10 Å². The van der Waals surface area contributed by atoms with Crippen LogP contribution in [0.2, 0.25) is 0 Å². The van der Waals surface area contributed by atoms with Crippen LogP contribution in [0.4, 0.5) is 0 Å². The summed E-state index contributed by atoms with van der Waals surface area (Å²) >= 11 is 0. The molecular weight excluding hydrogens is 472 g/mol. The van der Waals surface area contributed by atoms with Crippen LogP contribution < -0.4 is 4.74 Å². The number of hydrogen-bond acceptors (Lipinski definition) is 5. The molecule has 1 saturated heterocycles. The van der Waals surface area contributed by atoms with Gasteiger partial charge >= 0.3 is 0 Å². The number of aromatic nitrogens is 4. The maximum Gasteiger partial charge on any atom is 0.122 e. The number of H-pyrrole nitrogens is 1. The lowest BCUT2D eigenvalue weighted by Gasteiger charge is -2.43. The lowest BCUT2D eigenvalue weighted by molar-refractivity contribution is 0.0575. The zero-order valence-electron chi connectivity index (χ0n) is 22.9. The molecule has 6 rings (SSSR count). The Morgan fingerprint density at radius 2 is 1.71 bits per heavy atom. The highest BCUT2D eigenvalue weighted by Gasteiger charge is 2.29. The lowest BCUT2D eigenvalue weighted by Crippen LogP contribution is -2.52. The van der Waals surface area contributed by atoms with Gasteiger partial charge in [0.2, 0.25) is 0 Å². The molecule has 1 aliphatic heterocycles. The van der Waals surface area contributed by atoms with Gasteiger partial charge in [-0.25, -0.2) is 4.98 Å². The Bertz CT molecular complexity index is 1360. The van der Waals surface area contributed by atoms with Crippen molar-refractivity contribution in [3.63, 3.8) is 0 Å². The van der Waals surface area contributed by atoms with E-state index in [1.165, 1.54) is 51.9 Å². The zero-order chi connectivity index (χ0) is 26.1. The normalized spacial score (nSPS) is 21.4. The van der Waals surface area contributed by atoms with E-state index in [0.717, 1.165) is 45.5 Å². The largest absolute Gasteiger partial charge is 0.496 e. The van der Waals surface area contributed by atoms with Crippen LogP contribution in [0.1, 0.15) is 57.0 Å². The highest BCUT2D eigenvalue weighted by atomic mass is 16.5. The van der Waals surface area contributed by atoms with Gasteiger partial charge in [-0.15, -0.1) is 0 Å². The number of para-hydroxylation sites is 1. The van der Waals surface area contributed by atoms with E-state index in [4.69, 9.17) is 14.8 Å². The van der Waals surface area contributed by atoms with Gasteiger partial charge in [0.15, 0.2) is 0 Å². The molecule has 0 unspecified atom stereocenters. The Labute approximate surface area is 225 Å². The molecule has 0 radical (unpaired) electrons. The first-order valence-corrected chi connectivity index (χ1v) is 14.2. The average Bonchev–Trinajstić information content (AvgIpc) is 3.60. The number of fused-ring (bicyclic) bond motifs is 1. The Morgan fingerprint density at radius 3 is 2.47 bits per heavy atom. The van der Waals surface area contributed by atoms with Crippen molar-refractivity contribution < 1.29 is 4.74 Å².